The van der Waals surface area contributed by atoms with Crippen LogP contribution in [0.1, 0.15) is 25.8 Å². The molecule has 2 atom stereocenters. The Morgan fingerprint density at radius 2 is 2.10 bits per heavy atom. The number of fused-ring (bicyclic) bond motifs is 1. The van der Waals surface area contributed by atoms with Gasteiger partial charge in [-0.05, 0) is 25.8 Å². The van der Waals surface area contributed by atoms with Crippen LogP contribution in [0, 0.1) is 5.41 Å². The third-order valence-corrected chi connectivity index (χ3v) is 4.48. The average Bonchev–Trinajstić information content (AvgIpc) is 2.98. The number of likely N-dealkylation sites (tertiary alicyclic amines) is 1. The lowest BCUT2D eigenvalue weighted by Gasteiger charge is -2.31. The number of carbonyl (C=O) groups excluding carboxylic acids is 2. The fourth-order valence-corrected chi connectivity index (χ4v) is 3.33. The molecule has 112 valence electrons. The first kappa shape index (κ1) is 13.9. The van der Waals surface area contributed by atoms with Gasteiger partial charge in [0.25, 0.3) is 0 Å². The molecule has 2 aliphatic heterocycles. The van der Waals surface area contributed by atoms with Gasteiger partial charge < -0.3 is 15.0 Å². The summed E-state index contributed by atoms with van der Waals surface area (Å²) < 4.78 is 5.40. The molecule has 2 aliphatic rings. The highest BCUT2D eigenvalue weighted by molar-refractivity contribution is 5.87. The van der Waals surface area contributed by atoms with E-state index in [-0.39, 0.29) is 30.7 Å². The van der Waals surface area contributed by atoms with Gasteiger partial charge in [0.15, 0.2) is 0 Å². The fraction of sp³-hybridized carbons (Fsp3) is 0.500. The highest BCUT2D eigenvalue weighted by atomic mass is 16.6. The SMILES string of the molecule is CC1(C)C(=O)N[C@H]2CCN(C(=O)OCc3ccccc3)[C@@H]21. The number of nitrogens with one attached hydrogen (secondary N) is 1. The number of hydrogen-bond donors (Lipinski definition) is 1. The molecule has 2 fully saturated rings. The van der Waals surface area contributed by atoms with Crippen molar-refractivity contribution in [2.45, 2.75) is 39.0 Å². The number of benzene rings is 1. The Morgan fingerprint density at radius 3 is 2.81 bits per heavy atom. The first-order chi connectivity index (χ1) is 10.00. The van der Waals surface area contributed by atoms with Crippen LogP contribution >= 0.6 is 0 Å². The Bertz CT molecular complexity index is 556. The number of ether oxygens (including phenoxy) is 1. The van der Waals surface area contributed by atoms with Gasteiger partial charge in [-0.2, -0.15) is 0 Å². The molecular formula is C16H20N2O3. The van der Waals surface area contributed by atoms with Gasteiger partial charge in [0.2, 0.25) is 5.91 Å². The summed E-state index contributed by atoms with van der Waals surface area (Å²) in [4.78, 5) is 26.0. The van der Waals surface area contributed by atoms with Crippen LogP contribution in [0.4, 0.5) is 4.79 Å². The number of rotatable bonds is 2. The maximum absolute atomic E-state index is 12.3. The lowest BCUT2D eigenvalue weighted by Crippen LogP contribution is -2.46. The van der Waals surface area contributed by atoms with E-state index < -0.39 is 5.41 Å². The molecule has 1 aromatic rings. The average molecular weight is 288 g/mol. The number of hydrogen-bond acceptors (Lipinski definition) is 3. The van der Waals surface area contributed by atoms with Crippen LogP contribution in [0.2, 0.25) is 0 Å². The summed E-state index contributed by atoms with van der Waals surface area (Å²) in [5.74, 6) is 0.0121. The minimum atomic E-state index is -0.563. The molecule has 0 bridgehead atoms. The van der Waals surface area contributed by atoms with E-state index in [9.17, 15) is 9.59 Å². The number of carbonyl (C=O) groups is 2. The van der Waals surface area contributed by atoms with Crippen LogP contribution in [0.3, 0.4) is 0 Å². The predicted octanol–water partition coefficient (Wildman–Crippen LogP) is 1.92. The molecule has 3 rings (SSSR count). The van der Waals surface area contributed by atoms with E-state index in [0.717, 1.165) is 12.0 Å². The molecule has 1 N–H and O–H groups in total. The minimum absolute atomic E-state index is 0.0121. The molecule has 0 aliphatic carbocycles. The van der Waals surface area contributed by atoms with Crippen LogP contribution < -0.4 is 5.32 Å². The zero-order valence-electron chi connectivity index (χ0n) is 12.3. The monoisotopic (exact) mass is 288 g/mol. The third-order valence-electron chi connectivity index (χ3n) is 4.48. The zero-order valence-corrected chi connectivity index (χ0v) is 12.3. The van der Waals surface area contributed by atoms with Gasteiger partial charge >= 0.3 is 6.09 Å². The van der Waals surface area contributed by atoms with E-state index in [1.165, 1.54) is 0 Å². The van der Waals surface area contributed by atoms with E-state index in [1.807, 2.05) is 44.2 Å². The smallest absolute Gasteiger partial charge is 0.410 e. The molecule has 0 spiro atoms. The highest BCUT2D eigenvalue weighted by Gasteiger charge is 2.55. The zero-order chi connectivity index (χ0) is 15.0. The normalized spacial score (nSPS) is 26.4. The minimum Gasteiger partial charge on any atom is -0.445 e. The standard InChI is InChI=1S/C16H20N2O3/c1-16(2)13-12(17-14(16)19)8-9-18(13)15(20)21-10-11-6-4-3-5-7-11/h3-7,12-13H,8-10H2,1-2H3,(H,17,19)/t12-,13-/m0/s1. The Kier molecular flexibility index (Phi) is 3.35. The first-order valence-electron chi connectivity index (χ1n) is 7.28. The molecule has 0 unspecified atom stereocenters. The van der Waals surface area contributed by atoms with Gasteiger partial charge in [0, 0.05) is 6.54 Å². The summed E-state index contributed by atoms with van der Waals surface area (Å²) in [5, 5.41) is 2.98. The fourth-order valence-electron chi connectivity index (χ4n) is 3.33. The molecule has 5 nitrogen and oxygen atoms in total. The van der Waals surface area contributed by atoms with Gasteiger partial charge in [-0.1, -0.05) is 30.3 Å². The number of nitrogens with zero attached hydrogens (tertiary/aromatic N) is 1. The predicted molar refractivity (Wildman–Crippen MR) is 77.4 cm³/mol. The molecule has 0 saturated carbocycles. The van der Waals surface area contributed by atoms with Crippen LogP contribution in [0.5, 0.6) is 0 Å². The second-order valence-electron chi connectivity index (χ2n) is 6.27. The van der Waals surface area contributed by atoms with Crippen LogP contribution in [-0.4, -0.2) is 35.5 Å². The lowest BCUT2D eigenvalue weighted by molar-refractivity contribution is -0.127. The van der Waals surface area contributed by atoms with Crippen molar-refractivity contribution in [1.29, 1.82) is 0 Å². The molecule has 1 aromatic carbocycles. The third kappa shape index (κ3) is 2.37. The molecule has 2 amide bonds. The van der Waals surface area contributed by atoms with Crippen molar-refractivity contribution in [2.24, 2.45) is 5.41 Å². The van der Waals surface area contributed by atoms with Crippen molar-refractivity contribution in [2.75, 3.05) is 6.54 Å². The lowest BCUT2D eigenvalue weighted by atomic mass is 9.84. The summed E-state index contributed by atoms with van der Waals surface area (Å²) in [6.45, 7) is 4.66. The van der Waals surface area contributed by atoms with Crippen molar-refractivity contribution in [1.82, 2.24) is 10.2 Å². The largest absolute Gasteiger partial charge is 0.445 e. The summed E-state index contributed by atoms with van der Waals surface area (Å²) in [7, 11) is 0. The van der Waals surface area contributed by atoms with Crippen LogP contribution in [0.15, 0.2) is 30.3 Å². The Hall–Kier alpha value is -2.04. The maximum Gasteiger partial charge on any atom is 0.410 e. The molecule has 0 radical (unpaired) electrons. The van der Waals surface area contributed by atoms with E-state index in [4.69, 9.17) is 4.74 Å². The molecule has 5 heteroatoms. The van der Waals surface area contributed by atoms with Crippen LogP contribution in [0.25, 0.3) is 0 Å². The second-order valence-corrected chi connectivity index (χ2v) is 6.27. The highest BCUT2D eigenvalue weighted by Crippen LogP contribution is 2.39. The molecule has 0 aromatic heterocycles. The number of amides is 2. The topological polar surface area (TPSA) is 58.6 Å². The molecule has 21 heavy (non-hydrogen) atoms. The van der Waals surface area contributed by atoms with Crippen molar-refractivity contribution in [3.8, 4) is 0 Å². The summed E-state index contributed by atoms with van der Waals surface area (Å²) >= 11 is 0. The molecular weight excluding hydrogens is 268 g/mol. The molecule has 2 saturated heterocycles. The van der Waals surface area contributed by atoms with Gasteiger partial charge in [-0.3, -0.25) is 4.79 Å². The van der Waals surface area contributed by atoms with Crippen molar-refractivity contribution in [3.63, 3.8) is 0 Å². The van der Waals surface area contributed by atoms with E-state index in [1.54, 1.807) is 4.90 Å². The van der Waals surface area contributed by atoms with Gasteiger partial charge in [0.05, 0.1) is 17.5 Å². The van der Waals surface area contributed by atoms with Gasteiger partial charge in [0.1, 0.15) is 6.61 Å². The summed E-state index contributed by atoms with van der Waals surface area (Å²) in [6, 6.07) is 9.53. The van der Waals surface area contributed by atoms with Crippen molar-refractivity contribution < 1.29 is 14.3 Å². The van der Waals surface area contributed by atoms with Crippen molar-refractivity contribution >= 4 is 12.0 Å². The van der Waals surface area contributed by atoms with E-state index in [2.05, 4.69) is 5.32 Å². The molecule has 2 heterocycles. The maximum atomic E-state index is 12.3. The van der Waals surface area contributed by atoms with Crippen molar-refractivity contribution in [3.05, 3.63) is 35.9 Å². The Labute approximate surface area is 124 Å². The van der Waals surface area contributed by atoms with Gasteiger partial charge in [-0.15, -0.1) is 0 Å². The van der Waals surface area contributed by atoms with E-state index in [0.29, 0.717) is 6.54 Å². The Balaban J connectivity index is 1.67. The second kappa shape index (κ2) is 5.06. The summed E-state index contributed by atoms with van der Waals surface area (Å²) in [6.07, 6.45) is 0.455. The van der Waals surface area contributed by atoms with Crippen LogP contribution in [-0.2, 0) is 16.1 Å². The van der Waals surface area contributed by atoms with Gasteiger partial charge in [-0.25, -0.2) is 4.79 Å². The van der Waals surface area contributed by atoms with E-state index >= 15 is 0 Å². The summed E-state index contributed by atoms with van der Waals surface area (Å²) in [5.41, 5.74) is 0.397. The Morgan fingerprint density at radius 1 is 1.38 bits per heavy atom. The first-order valence-corrected chi connectivity index (χ1v) is 7.28. The quantitative estimate of drug-likeness (QED) is 0.904.